The molecule has 0 N–H and O–H groups in total. The molecule has 2 saturated heterocycles. The molecule has 4 heterocycles. The molecule has 0 unspecified atom stereocenters. The number of carbonyl (C=O) groups is 1. The summed E-state index contributed by atoms with van der Waals surface area (Å²) in [5.41, 5.74) is 4.59. The van der Waals surface area contributed by atoms with Gasteiger partial charge in [-0.15, -0.1) is 0 Å². The van der Waals surface area contributed by atoms with Crippen LogP contribution >= 0.6 is 11.6 Å². The number of ketones is 1. The van der Waals surface area contributed by atoms with Crippen LogP contribution in [0.5, 0.6) is 0 Å². The molecule has 2 aromatic heterocycles. The first-order valence-corrected chi connectivity index (χ1v) is 12.2. The van der Waals surface area contributed by atoms with E-state index in [1.807, 2.05) is 17.4 Å². The highest BCUT2D eigenvalue weighted by molar-refractivity contribution is 6.30. The van der Waals surface area contributed by atoms with Crippen LogP contribution in [0.25, 0.3) is 5.65 Å². The highest BCUT2D eigenvalue weighted by atomic mass is 35.5. The number of carbonyl (C=O) groups excluding carboxylic acids is 1. The number of halogens is 1. The van der Waals surface area contributed by atoms with Crippen LogP contribution in [-0.4, -0.2) is 46.8 Å². The summed E-state index contributed by atoms with van der Waals surface area (Å²) in [6.07, 6.45) is 5.57. The second-order valence-corrected chi connectivity index (χ2v) is 9.50. The maximum absolute atomic E-state index is 13.1. The van der Waals surface area contributed by atoms with Crippen LogP contribution in [0.15, 0.2) is 42.6 Å². The van der Waals surface area contributed by atoms with Gasteiger partial charge in [0.2, 0.25) is 0 Å². The Hall–Kier alpha value is -2.41. The van der Waals surface area contributed by atoms with Crippen molar-refractivity contribution in [3.05, 3.63) is 64.6 Å². The van der Waals surface area contributed by atoms with Crippen molar-refractivity contribution in [1.82, 2.24) is 9.38 Å². The lowest BCUT2D eigenvalue weighted by atomic mass is 10.0. The minimum Gasteiger partial charge on any atom is -0.371 e. The third-order valence-electron chi connectivity index (χ3n) is 6.72. The standard InChI is InChI=1S/C26H30ClN3O3/c1-3-22-25(30-16-20(27)7-11-24(30)28-22)23(31)10-6-19-4-8-21(9-5-19)29-14-12-26(13-15-29)32-17-18(2)33-26/h4-5,7-9,11,16,18H,3,6,10,12-15,17H2,1-2H3/t18-/m1/s1. The van der Waals surface area contributed by atoms with Crippen LogP contribution in [0.3, 0.4) is 0 Å². The van der Waals surface area contributed by atoms with Crippen molar-refractivity contribution in [2.45, 2.75) is 57.8 Å². The summed E-state index contributed by atoms with van der Waals surface area (Å²) < 4.78 is 13.8. The summed E-state index contributed by atoms with van der Waals surface area (Å²) in [4.78, 5) is 20.1. The zero-order valence-electron chi connectivity index (χ0n) is 19.2. The Morgan fingerprint density at radius 1 is 1.18 bits per heavy atom. The number of ether oxygens (including phenoxy) is 2. The smallest absolute Gasteiger partial charge is 0.181 e. The fourth-order valence-corrected chi connectivity index (χ4v) is 5.09. The molecule has 0 amide bonds. The Bertz CT molecular complexity index is 1150. The minimum absolute atomic E-state index is 0.0952. The maximum atomic E-state index is 13.1. The summed E-state index contributed by atoms with van der Waals surface area (Å²) in [5, 5.41) is 0.594. The molecule has 7 heteroatoms. The third-order valence-corrected chi connectivity index (χ3v) is 6.94. The number of hydrogen-bond acceptors (Lipinski definition) is 5. The molecular formula is C26H30ClN3O3. The van der Waals surface area contributed by atoms with Crippen LogP contribution in [0, 0.1) is 0 Å². The number of nitrogens with zero attached hydrogens (tertiary/aromatic N) is 3. The number of imidazole rings is 1. The number of aromatic nitrogens is 2. The highest BCUT2D eigenvalue weighted by Gasteiger charge is 2.42. The van der Waals surface area contributed by atoms with Gasteiger partial charge in [-0.05, 0) is 49.6 Å². The monoisotopic (exact) mass is 467 g/mol. The molecule has 0 aliphatic carbocycles. The molecule has 5 rings (SSSR count). The average Bonchev–Trinajstić information content (AvgIpc) is 3.38. The second-order valence-electron chi connectivity index (χ2n) is 9.06. The van der Waals surface area contributed by atoms with Gasteiger partial charge in [0, 0.05) is 44.2 Å². The van der Waals surface area contributed by atoms with Crippen molar-refractivity contribution < 1.29 is 14.3 Å². The second kappa shape index (κ2) is 9.09. The highest BCUT2D eigenvalue weighted by Crippen LogP contribution is 2.35. The van der Waals surface area contributed by atoms with Gasteiger partial charge >= 0.3 is 0 Å². The predicted molar refractivity (Wildman–Crippen MR) is 129 cm³/mol. The SMILES string of the molecule is CCc1nc2ccc(Cl)cn2c1C(=O)CCc1ccc(N2CCC3(CC2)OC[C@@H](C)O3)cc1. The van der Waals surface area contributed by atoms with Crippen LogP contribution in [0.1, 0.15) is 54.9 Å². The molecule has 174 valence electrons. The van der Waals surface area contributed by atoms with Gasteiger partial charge in [0.15, 0.2) is 11.6 Å². The Labute approximate surface area is 199 Å². The molecule has 3 aromatic rings. The quantitative estimate of drug-likeness (QED) is 0.472. The normalized spacial score (nSPS) is 20.1. The van der Waals surface area contributed by atoms with Gasteiger partial charge in [-0.2, -0.15) is 0 Å². The molecular weight excluding hydrogens is 438 g/mol. The van der Waals surface area contributed by atoms with E-state index in [1.54, 1.807) is 12.3 Å². The van der Waals surface area contributed by atoms with Crippen LogP contribution in [0.2, 0.25) is 5.02 Å². The van der Waals surface area contributed by atoms with Crippen molar-refractivity contribution in [1.29, 1.82) is 0 Å². The first-order chi connectivity index (χ1) is 16.0. The molecule has 1 atom stereocenters. The molecule has 33 heavy (non-hydrogen) atoms. The topological polar surface area (TPSA) is 56.1 Å². The van der Waals surface area contributed by atoms with E-state index in [-0.39, 0.29) is 17.7 Å². The molecule has 2 aliphatic rings. The average molecular weight is 468 g/mol. The van der Waals surface area contributed by atoms with Gasteiger partial charge in [0.05, 0.1) is 23.4 Å². The number of benzene rings is 1. The Kier molecular flexibility index (Phi) is 6.16. The molecule has 1 aromatic carbocycles. The summed E-state index contributed by atoms with van der Waals surface area (Å²) in [6, 6.07) is 12.2. The number of piperidine rings is 1. The first kappa shape index (κ1) is 22.4. The lowest BCUT2D eigenvalue weighted by Gasteiger charge is -2.39. The van der Waals surface area contributed by atoms with Crippen LogP contribution in [0.4, 0.5) is 5.69 Å². The maximum Gasteiger partial charge on any atom is 0.181 e. The summed E-state index contributed by atoms with van der Waals surface area (Å²) in [6.45, 7) is 6.61. The molecule has 1 spiro atoms. The van der Waals surface area contributed by atoms with E-state index in [0.717, 1.165) is 42.8 Å². The predicted octanol–water partition coefficient (Wildman–Crippen LogP) is 5.10. The van der Waals surface area contributed by atoms with Gasteiger partial charge in [-0.1, -0.05) is 30.7 Å². The Morgan fingerprint density at radius 2 is 1.94 bits per heavy atom. The molecule has 2 aliphatic heterocycles. The summed E-state index contributed by atoms with van der Waals surface area (Å²) >= 11 is 6.16. The zero-order valence-corrected chi connectivity index (χ0v) is 20.0. The van der Waals surface area contributed by atoms with E-state index in [9.17, 15) is 4.79 Å². The number of fused-ring (bicyclic) bond motifs is 1. The van der Waals surface area contributed by atoms with Crippen molar-refractivity contribution in [3.63, 3.8) is 0 Å². The number of rotatable bonds is 6. The van der Waals surface area contributed by atoms with E-state index < -0.39 is 0 Å². The van der Waals surface area contributed by atoms with Crippen LogP contribution < -0.4 is 4.90 Å². The van der Waals surface area contributed by atoms with Crippen molar-refractivity contribution >= 4 is 28.7 Å². The zero-order chi connectivity index (χ0) is 23.0. The molecule has 0 saturated carbocycles. The van der Waals surface area contributed by atoms with Gasteiger partial charge < -0.3 is 14.4 Å². The van der Waals surface area contributed by atoms with Gasteiger partial charge in [-0.3, -0.25) is 9.20 Å². The van der Waals surface area contributed by atoms with E-state index >= 15 is 0 Å². The van der Waals surface area contributed by atoms with Gasteiger partial charge in [-0.25, -0.2) is 4.98 Å². The van der Waals surface area contributed by atoms with E-state index in [2.05, 4.69) is 41.1 Å². The third kappa shape index (κ3) is 4.52. The van der Waals surface area contributed by atoms with Crippen molar-refractivity contribution in [2.24, 2.45) is 0 Å². The lowest BCUT2D eigenvalue weighted by molar-refractivity contribution is -0.178. The largest absolute Gasteiger partial charge is 0.371 e. The first-order valence-electron chi connectivity index (χ1n) is 11.8. The fraction of sp³-hybridized carbons (Fsp3) is 0.462. The molecule has 2 fully saturated rings. The van der Waals surface area contributed by atoms with Crippen molar-refractivity contribution in [2.75, 3.05) is 24.6 Å². The van der Waals surface area contributed by atoms with Gasteiger partial charge in [0.1, 0.15) is 11.3 Å². The van der Waals surface area contributed by atoms with E-state index in [1.165, 1.54) is 5.69 Å². The fourth-order valence-electron chi connectivity index (χ4n) is 4.93. The van der Waals surface area contributed by atoms with Crippen LogP contribution in [-0.2, 0) is 22.3 Å². The molecule has 0 radical (unpaired) electrons. The minimum atomic E-state index is -0.379. The van der Waals surface area contributed by atoms with Crippen molar-refractivity contribution in [3.8, 4) is 0 Å². The number of aryl methyl sites for hydroxylation is 2. The lowest BCUT2D eigenvalue weighted by Crippen LogP contribution is -2.45. The number of pyridine rings is 1. The number of hydrogen-bond donors (Lipinski definition) is 0. The van der Waals surface area contributed by atoms with Gasteiger partial charge in [0.25, 0.3) is 0 Å². The molecule has 0 bridgehead atoms. The number of anilines is 1. The molecule has 6 nitrogen and oxygen atoms in total. The Morgan fingerprint density at radius 3 is 2.61 bits per heavy atom. The Balaban J connectivity index is 1.21. The summed E-state index contributed by atoms with van der Waals surface area (Å²) in [5.74, 6) is -0.284. The summed E-state index contributed by atoms with van der Waals surface area (Å²) in [7, 11) is 0. The number of Topliss-reactive ketones (excluding diaryl/α,β-unsaturated/α-hetero) is 1. The van der Waals surface area contributed by atoms with E-state index in [0.29, 0.717) is 36.6 Å². The van der Waals surface area contributed by atoms with E-state index in [4.69, 9.17) is 21.1 Å².